The molecular formula is C13H10FNO3. The lowest BCUT2D eigenvalue weighted by atomic mass is 10.1. The van der Waals surface area contributed by atoms with Crippen LogP contribution in [0.15, 0.2) is 36.5 Å². The SMILES string of the molecule is COc1ncc(C(=O)O)cc1-c1ccc(F)cc1. The molecule has 0 saturated heterocycles. The van der Waals surface area contributed by atoms with Gasteiger partial charge in [0.15, 0.2) is 0 Å². The van der Waals surface area contributed by atoms with Crippen molar-refractivity contribution in [2.75, 3.05) is 7.11 Å². The predicted octanol–water partition coefficient (Wildman–Crippen LogP) is 2.59. The zero-order valence-electron chi connectivity index (χ0n) is 9.55. The Morgan fingerprint density at radius 3 is 2.56 bits per heavy atom. The first-order valence-corrected chi connectivity index (χ1v) is 5.15. The summed E-state index contributed by atoms with van der Waals surface area (Å²) < 4.78 is 17.9. The second-order valence-corrected chi connectivity index (χ2v) is 3.59. The number of aromatic nitrogens is 1. The van der Waals surface area contributed by atoms with E-state index >= 15 is 0 Å². The van der Waals surface area contributed by atoms with Gasteiger partial charge in [0.25, 0.3) is 0 Å². The summed E-state index contributed by atoms with van der Waals surface area (Å²) in [4.78, 5) is 14.8. The average molecular weight is 247 g/mol. The maximum absolute atomic E-state index is 12.9. The Hall–Kier alpha value is -2.43. The van der Waals surface area contributed by atoms with Gasteiger partial charge < -0.3 is 9.84 Å². The fraction of sp³-hybridized carbons (Fsp3) is 0.0769. The molecule has 1 aromatic carbocycles. The van der Waals surface area contributed by atoms with E-state index in [2.05, 4.69) is 4.98 Å². The number of carboxylic acids is 1. The molecule has 2 rings (SSSR count). The minimum atomic E-state index is -1.08. The van der Waals surface area contributed by atoms with Crippen molar-refractivity contribution in [1.29, 1.82) is 0 Å². The minimum Gasteiger partial charge on any atom is -0.481 e. The number of rotatable bonds is 3. The van der Waals surface area contributed by atoms with Gasteiger partial charge in [0.2, 0.25) is 5.88 Å². The van der Waals surface area contributed by atoms with Crippen LogP contribution in [0.3, 0.4) is 0 Å². The second-order valence-electron chi connectivity index (χ2n) is 3.59. The predicted molar refractivity (Wildman–Crippen MR) is 63.1 cm³/mol. The van der Waals surface area contributed by atoms with Gasteiger partial charge in [-0.3, -0.25) is 0 Å². The summed E-state index contributed by atoms with van der Waals surface area (Å²) in [6.45, 7) is 0. The Balaban J connectivity index is 2.56. The lowest BCUT2D eigenvalue weighted by Crippen LogP contribution is -2.00. The number of hydrogen-bond donors (Lipinski definition) is 1. The van der Waals surface area contributed by atoms with Gasteiger partial charge >= 0.3 is 5.97 Å². The zero-order valence-corrected chi connectivity index (χ0v) is 9.55. The Labute approximate surface area is 103 Å². The average Bonchev–Trinajstić information content (AvgIpc) is 2.39. The van der Waals surface area contributed by atoms with Crippen molar-refractivity contribution >= 4 is 5.97 Å². The molecule has 18 heavy (non-hydrogen) atoms. The van der Waals surface area contributed by atoms with Crippen molar-refractivity contribution in [3.63, 3.8) is 0 Å². The zero-order chi connectivity index (χ0) is 13.1. The Morgan fingerprint density at radius 1 is 1.33 bits per heavy atom. The molecule has 0 atom stereocenters. The number of methoxy groups -OCH3 is 1. The van der Waals surface area contributed by atoms with E-state index in [-0.39, 0.29) is 11.4 Å². The molecule has 0 saturated carbocycles. The standard InChI is InChI=1S/C13H10FNO3/c1-18-12-11(6-9(7-15-12)13(16)17)8-2-4-10(14)5-3-8/h2-7H,1H3,(H,16,17). The number of nitrogens with zero attached hydrogens (tertiary/aromatic N) is 1. The number of benzene rings is 1. The van der Waals surface area contributed by atoms with Gasteiger partial charge in [-0.1, -0.05) is 12.1 Å². The molecule has 1 heterocycles. The van der Waals surface area contributed by atoms with Crippen LogP contribution in [0.2, 0.25) is 0 Å². The summed E-state index contributed by atoms with van der Waals surface area (Å²) in [5.41, 5.74) is 1.20. The van der Waals surface area contributed by atoms with E-state index in [0.29, 0.717) is 17.0 Å². The van der Waals surface area contributed by atoms with Crippen molar-refractivity contribution in [2.24, 2.45) is 0 Å². The van der Waals surface area contributed by atoms with Crippen LogP contribution in [0.25, 0.3) is 11.1 Å². The molecule has 0 radical (unpaired) electrons. The van der Waals surface area contributed by atoms with E-state index in [0.717, 1.165) is 0 Å². The van der Waals surface area contributed by atoms with Crippen LogP contribution in [-0.4, -0.2) is 23.2 Å². The number of hydrogen-bond acceptors (Lipinski definition) is 3. The van der Waals surface area contributed by atoms with Crippen molar-refractivity contribution in [1.82, 2.24) is 4.98 Å². The largest absolute Gasteiger partial charge is 0.481 e. The number of pyridine rings is 1. The van der Waals surface area contributed by atoms with E-state index in [4.69, 9.17) is 9.84 Å². The summed E-state index contributed by atoms with van der Waals surface area (Å²) in [5, 5.41) is 8.92. The molecule has 0 amide bonds. The Bertz CT molecular complexity index is 581. The van der Waals surface area contributed by atoms with Crippen molar-refractivity contribution < 1.29 is 19.0 Å². The van der Waals surface area contributed by atoms with Crippen LogP contribution in [0.4, 0.5) is 4.39 Å². The van der Waals surface area contributed by atoms with E-state index in [1.807, 2.05) is 0 Å². The second kappa shape index (κ2) is 4.83. The van der Waals surface area contributed by atoms with Gasteiger partial charge in [-0.15, -0.1) is 0 Å². The van der Waals surface area contributed by atoms with Gasteiger partial charge in [-0.25, -0.2) is 14.2 Å². The molecule has 1 N–H and O–H groups in total. The molecule has 0 unspecified atom stereocenters. The molecule has 5 heteroatoms. The van der Waals surface area contributed by atoms with Gasteiger partial charge in [0.1, 0.15) is 5.82 Å². The highest BCUT2D eigenvalue weighted by Crippen LogP contribution is 2.28. The quantitative estimate of drug-likeness (QED) is 0.905. The fourth-order valence-corrected chi connectivity index (χ4v) is 1.57. The van der Waals surface area contributed by atoms with Crippen molar-refractivity contribution in [3.05, 3.63) is 47.9 Å². The smallest absolute Gasteiger partial charge is 0.337 e. The van der Waals surface area contributed by atoms with Gasteiger partial charge in [0.05, 0.1) is 12.7 Å². The first kappa shape index (κ1) is 12.0. The molecule has 0 fully saturated rings. The molecule has 0 aliphatic rings. The molecule has 92 valence electrons. The number of aromatic carboxylic acids is 1. The molecule has 1 aromatic heterocycles. The van der Waals surface area contributed by atoms with Crippen LogP contribution in [0, 0.1) is 5.82 Å². The molecular weight excluding hydrogens is 237 g/mol. The monoisotopic (exact) mass is 247 g/mol. The highest BCUT2D eigenvalue weighted by molar-refractivity contribution is 5.89. The molecule has 0 bridgehead atoms. The molecule has 2 aromatic rings. The van der Waals surface area contributed by atoms with E-state index < -0.39 is 5.97 Å². The fourth-order valence-electron chi connectivity index (χ4n) is 1.57. The van der Waals surface area contributed by atoms with Crippen LogP contribution in [-0.2, 0) is 0 Å². The summed E-state index contributed by atoms with van der Waals surface area (Å²) >= 11 is 0. The lowest BCUT2D eigenvalue weighted by Gasteiger charge is -2.08. The van der Waals surface area contributed by atoms with Crippen molar-refractivity contribution in [3.8, 4) is 17.0 Å². The number of carbonyl (C=O) groups is 1. The van der Waals surface area contributed by atoms with E-state index in [1.165, 1.54) is 31.5 Å². The highest BCUT2D eigenvalue weighted by atomic mass is 19.1. The highest BCUT2D eigenvalue weighted by Gasteiger charge is 2.12. The third-order valence-electron chi connectivity index (χ3n) is 2.45. The maximum Gasteiger partial charge on any atom is 0.337 e. The van der Waals surface area contributed by atoms with Gasteiger partial charge in [-0.05, 0) is 23.8 Å². The topological polar surface area (TPSA) is 59.4 Å². The van der Waals surface area contributed by atoms with Gasteiger partial charge in [0, 0.05) is 11.8 Å². The van der Waals surface area contributed by atoms with Crippen LogP contribution >= 0.6 is 0 Å². The maximum atomic E-state index is 12.9. The summed E-state index contributed by atoms with van der Waals surface area (Å²) in [7, 11) is 1.44. The molecule has 0 aliphatic heterocycles. The molecule has 4 nitrogen and oxygen atoms in total. The van der Waals surface area contributed by atoms with E-state index in [9.17, 15) is 9.18 Å². The van der Waals surface area contributed by atoms with Crippen LogP contribution < -0.4 is 4.74 Å². The Kier molecular flexibility index (Phi) is 3.23. The minimum absolute atomic E-state index is 0.0510. The lowest BCUT2D eigenvalue weighted by molar-refractivity contribution is 0.0696. The Morgan fingerprint density at radius 2 is 2.00 bits per heavy atom. The van der Waals surface area contributed by atoms with Crippen LogP contribution in [0.5, 0.6) is 5.88 Å². The normalized spacial score (nSPS) is 10.1. The third kappa shape index (κ3) is 2.29. The molecule has 0 aliphatic carbocycles. The number of carboxylic acid groups (broad SMARTS) is 1. The first-order chi connectivity index (χ1) is 8.61. The number of halogens is 1. The third-order valence-corrected chi connectivity index (χ3v) is 2.45. The summed E-state index contributed by atoms with van der Waals surface area (Å²) in [6, 6.07) is 7.12. The first-order valence-electron chi connectivity index (χ1n) is 5.15. The number of ether oxygens (including phenoxy) is 1. The molecule has 0 spiro atoms. The summed E-state index contributed by atoms with van der Waals surface area (Å²) in [6.07, 6.45) is 1.22. The van der Waals surface area contributed by atoms with Gasteiger partial charge in [-0.2, -0.15) is 0 Å². The van der Waals surface area contributed by atoms with Crippen molar-refractivity contribution in [2.45, 2.75) is 0 Å². The van der Waals surface area contributed by atoms with Crippen LogP contribution in [0.1, 0.15) is 10.4 Å². The van der Waals surface area contributed by atoms with E-state index in [1.54, 1.807) is 12.1 Å². The summed E-state index contributed by atoms with van der Waals surface area (Å²) in [5.74, 6) is -1.14.